The summed E-state index contributed by atoms with van der Waals surface area (Å²) >= 11 is 0. The molecule has 0 unspecified atom stereocenters. The average Bonchev–Trinajstić information content (AvgIpc) is 3.04. The predicted molar refractivity (Wildman–Crippen MR) is 107 cm³/mol. The van der Waals surface area contributed by atoms with Crippen molar-refractivity contribution in [1.82, 2.24) is 0 Å². The third kappa shape index (κ3) is 5.41. The van der Waals surface area contributed by atoms with Crippen LogP contribution in [-0.4, -0.2) is 37.0 Å². The number of ether oxygens (including phenoxy) is 1. The van der Waals surface area contributed by atoms with Crippen molar-refractivity contribution in [3.8, 4) is 0 Å². The van der Waals surface area contributed by atoms with Crippen molar-refractivity contribution in [2.24, 2.45) is 17.8 Å². The lowest BCUT2D eigenvalue weighted by molar-refractivity contribution is 0.0805. The van der Waals surface area contributed by atoms with E-state index in [4.69, 9.17) is 4.74 Å². The van der Waals surface area contributed by atoms with Crippen molar-refractivity contribution in [2.45, 2.75) is 96.1 Å². The van der Waals surface area contributed by atoms with Gasteiger partial charge in [0.1, 0.15) is 0 Å². The minimum atomic E-state index is -2.19. The molecule has 1 saturated carbocycles. The van der Waals surface area contributed by atoms with Crippen LogP contribution in [0.15, 0.2) is 12.2 Å². The first-order chi connectivity index (χ1) is 11.7. The Bertz CT molecular complexity index is 441. The third-order valence-corrected chi connectivity index (χ3v) is 10.4. The van der Waals surface area contributed by atoms with Gasteiger partial charge in [-0.25, -0.2) is 0 Å². The lowest BCUT2D eigenvalue weighted by Gasteiger charge is -2.37. The van der Waals surface area contributed by atoms with Gasteiger partial charge in [-0.15, -0.1) is 0 Å². The summed E-state index contributed by atoms with van der Waals surface area (Å²) in [4.78, 5) is 10.7. The van der Waals surface area contributed by atoms with Gasteiger partial charge in [-0.3, -0.25) is 0 Å². The summed E-state index contributed by atoms with van der Waals surface area (Å²) in [6.07, 6.45) is 12.5. The van der Waals surface area contributed by atoms with E-state index in [1.807, 2.05) is 0 Å². The van der Waals surface area contributed by atoms with Crippen molar-refractivity contribution in [3.63, 3.8) is 0 Å². The summed E-state index contributed by atoms with van der Waals surface area (Å²) in [5, 5.41) is 10.4. The van der Waals surface area contributed by atoms with Crippen molar-refractivity contribution in [1.29, 1.82) is 0 Å². The largest absolute Gasteiger partial charge is 0.432 e. The Hall–Kier alpha value is -0.163. The van der Waals surface area contributed by atoms with Crippen LogP contribution in [0, 0.1) is 17.8 Å². The number of aliphatic hydroxyl groups excluding tert-OH is 1. The van der Waals surface area contributed by atoms with Crippen LogP contribution < -0.4 is 0 Å². The van der Waals surface area contributed by atoms with Gasteiger partial charge in [0.2, 0.25) is 0 Å². The molecule has 1 heterocycles. The van der Waals surface area contributed by atoms with Gasteiger partial charge in [-0.2, -0.15) is 0 Å². The highest BCUT2D eigenvalue weighted by atomic mass is 28.4. The second-order valence-corrected chi connectivity index (χ2v) is 14.0. The summed E-state index contributed by atoms with van der Waals surface area (Å²) in [5.41, 5.74) is 0. The van der Waals surface area contributed by atoms with Crippen LogP contribution in [0.5, 0.6) is 0 Å². The van der Waals surface area contributed by atoms with Crippen LogP contribution in [-0.2, 0) is 4.74 Å². The molecule has 5 atom stereocenters. The summed E-state index contributed by atoms with van der Waals surface area (Å²) < 4.78 is 5.77. The smallest absolute Gasteiger partial charge is 0.188 e. The molecule has 2 aliphatic rings. The van der Waals surface area contributed by atoms with Crippen molar-refractivity contribution in [2.75, 3.05) is 6.61 Å². The third-order valence-electron chi connectivity index (χ3n) is 6.89. The van der Waals surface area contributed by atoms with E-state index in [1.54, 1.807) is 0 Å². The van der Waals surface area contributed by atoms with Gasteiger partial charge in [0.15, 0.2) is 8.32 Å². The van der Waals surface area contributed by atoms with Crippen LogP contribution in [0.2, 0.25) is 18.1 Å². The minimum Gasteiger partial charge on any atom is -0.432 e. The molecular formula is C21H40O3Si. The monoisotopic (exact) mass is 368 g/mol. The fourth-order valence-electron chi connectivity index (χ4n) is 4.41. The number of hydrogen-bond donors (Lipinski definition) is 2. The van der Waals surface area contributed by atoms with Gasteiger partial charge in [-0.05, 0) is 49.2 Å². The van der Waals surface area contributed by atoms with Crippen molar-refractivity contribution < 1.29 is 14.6 Å². The molecule has 0 aromatic rings. The topological polar surface area (TPSA) is 49.7 Å². The SMILES string of the molecule is CCCCC[C@@H](/C=C/[C@@H]1[C@H]2CCO[C@H]2C[C@H]1O)CC(C)(C)[Si](C)(C)O. The number of unbranched alkanes of at least 4 members (excludes halogenated alkanes) is 2. The van der Waals surface area contributed by atoms with E-state index in [1.165, 1.54) is 25.7 Å². The van der Waals surface area contributed by atoms with Crippen LogP contribution in [0.4, 0.5) is 0 Å². The Morgan fingerprint density at radius 1 is 1.28 bits per heavy atom. The van der Waals surface area contributed by atoms with E-state index in [9.17, 15) is 9.90 Å². The molecule has 0 bridgehead atoms. The number of hydrogen-bond acceptors (Lipinski definition) is 3. The highest BCUT2D eigenvalue weighted by Crippen LogP contribution is 2.44. The Labute approximate surface area is 156 Å². The lowest BCUT2D eigenvalue weighted by Crippen LogP contribution is -2.40. The van der Waals surface area contributed by atoms with Crippen molar-refractivity contribution in [3.05, 3.63) is 12.2 Å². The summed E-state index contributed by atoms with van der Waals surface area (Å²) in [6, 6.07) is 0. The molecule has 0 spiro atoms. The number of aliphatic hydroxyl groups is 1. The molecule has 25 heavy (non-hydrogen) atoms. The summed E-state index contributed by atoms with van der Waals surface area (Å²) in [7, 11) is -2.19. The van der Waals surface area contributed by atoms with Gasteiger partial charge in [0.05, 0.1) is 12.2 Å². The fourth-order valence-corrected chi connectivity index (χ4v) is 5.17. The molecule has 0 amide bonds. The van der Waals surface area contributed by atoms with E-state index in [-0.39, 0.29) is 23.2 Å². The molecule has 146 valence electrons. The minimum absolute atomic E-state index is 0.00151. The highest BCUT2D eigenvalue weighted by molar-refractivity contribution is 6.72. The molecule has 4 heteroatoms. The second kappa shape index (κ2) is 8.68. The van der Waals surface area contributed by atoms with Crippen LogP contribution in [0.1, 0.15) is 65.7 Å². The maximum absolute atomic E-state index is 10.7. The van der Waals surface area contributed by atoms with Gasteiger partial charge in [0.25, 0.3) is 0 Å². The van der Waals surface area contributed by atoms with Gasteiger partial charge >= 0.3 is 0 Å². The van der Waals surface area contributed by atoms with Crippen LogP contribution in [0.3, 0.4) is 0 Å². The van der Waals surface area contributed by atoms with E-state index in [2.05, 4.69) is 46.0 Å². The molecule has 2 N–H and O–H groups in total. The number of fused-ring (bicyclic) bond motifs is 1. The van der Waals surface area contributed by atoms with E-state index < -0.39 is 8.32 Å². The zero-order chi connectivity index (χ0) is 18.7. The number of rotatable bonds is 9. The normalized spacial score (nSPS) is 31.6. The average molecular weight is 369 g/mol. The molecule has 0 aromatic heterocycles. The molecule has 1 aliphatic carbocycles. The zero-order valence-electron chi connectivity index (χ0n) is 17.0. The van der Waals surface area contributed by atoms with E-state index in [0.717, 1.165) is 25.9 Å². The maximum Gasteiger partial charge on any atom is 0.188 e. The second-order valence-electron chi connectivity index (χ2n) is 9.53. The first-order valence-electron chi connectivity index (χ1n) is 10.4. The predicted octanol–water partition coefficient (Wildman–Crippen LogP) is 4.89. The number of allylic oxidation sites excluding steroid dienone is 1. The van der Waals surface area contributed by atoms with Crippen molar-refractivity contribution >= 4 is 8.32 Å². The summed E-state index contributed by atoms with van der Waals surface area (Å²) in [5.74, 6) is 1.25. The molecule has 1 saturated heterocycles. The standard InChI is InChI=1S/C21H40O3Si/c1-6-7-8-9-16(15-21(2,3)25(4,5)23)10-11-17-18-12-13-24-20(18)14-19(17)22/h10-11,16-20,22-23H,6-9,12-15H2,1-5H3/b11-10+/t16-,17+,18+,19+,20-/m0/s1. The Morgan fingerprint density at radius 3 is 2.64 bits per heavy atom. The molecule has 3 nitrogen and oxygen atoms in total. The molecule has 2 rings (SSSR count). The molecule has 0 radical (unpaired) electrons. The molecular weight excluding hydrogens is 328 g/mol. The Kier molecular flexibility index (Phi) is 7.34. The Morgan fingerprint density at radius 2 is 2.00 bits per heavy atom. The summed E-state index contributed by atoms with van der Waals surface area (Å²) in [6.45, 7) is 11.7. The van der Waals surface area contributed by atoms with Gasteiger partial charge < -0.3 is 14.6 Å². The van der Waals surface area contributed by atoms with Crippen LogP contribution >= 0.6 is 0 Å². The molecule has 0 aromatic carbocycles. The zero-order valence-corrected chi connectivity index (χ0v) is 18.0. The van der Waals surface area contributed by atoms with Crippen LogP contribution in [0.25, 0.3) is 0 Å². The molecule has 1 aliphatic heterocycles. The van der Waals surface area contributed by atoms with Gasteiger partial charge in [0, 0.05) is 18.9 Å². The highest BCUT2D eigenvalue weighted by Gasteiger charge is 2.45. The first-order valence-corrected chi connectivity index (χ1v) is 13.3. The maximum atomic E-state index is 10.7. The van der Waals surface area contributed by atoms with Gasteiger partial charge in [-0.1, -0.05) is 52.2 Å². The molecule has 2 fully saturated rings. The fraction of sp³-hybridized carbons (Fsp3) is 0.905. The Balaban J connectivity index is 2.04. The van der Waals surface area contributed by atoms with E-state index >= 15 is 0 Å². The van der Waals surface area contributed by atoms with E-state index in [0.29, 0.717) is 11.8 Å². The lowest BCUT2D eigenvalue weighted by atomic mass is 9.87. The first kappa shape index (κ1) is 21.1. The quantitative estimate of drug-likeness (QED) is 0.346.